The highest BCUT2D eigenvalue weighted by molar-refractivity contribution is 6.05. The lowest BCUT2D eigenvalue weighted by Gasteiger charge is -2.07. The van der Waals surface area contributed by atoms with Gasteiger partial charge in [-0.3, -0.25) is 4.79 Å². The smallest absolute Gasteiger partial charge is 0.356 e. The number of esters is 2. The first-order chi connectivity index (χ1) is 7.47. The maximum atomic E-state index is 11.5. The molecule has 6 nitrogen and oxygen atoms in total. The Balaban J connectivity index is 3.03. The molecular formula is C10H13NO5. The quantitative estimate of drug-likeness (QED) is 0.680. The van der Waals surface area contributed by atoms with Crippen LogP contribution < -0.4 is 5.32 Å². The van der Waals surface area contributed by atoms with Crippen LogP contribution in [0.1, 0.15) is 20.8 Å². The average molecular weight is 227 g/mol. The van der Waals surface area contributed by atoms with Gasteiger partial charge in [-0.05, 0) is 13.8 Å². The topological polar surface area (TPSA) is 81.7 Å². The van der Waals surface area contributed by atoms with E-state index in [-0.39, 0.29) is 17.9 Å². The first kappa shape index (κ1) is 12.2. The molecule has 1 amide bonds. The molecule has 0 aromatic heterocycles. The minimum Gasteiger partial charge on any atom is -0.462 e. The highest BCUT2D eigenvalue weighted by Crippen LogP contribution is 2.21. The minimum atomic E-state index is -0.717. The number of carbonyl (C=O) groups excluding carboxylic acids is 3. The van der Waals surface area contributed by atoms with Gasteiger partial charge in [0.2, 0.25) is 5.91 Å². The summed E-state index contributed by atoms with van der Waals surface area (Å²) in [6.45, 7) is 4.63. The third-order valence-electron chi connectivity index (χ3n) is 1.96. The fraction of sp³-hybridized carbons (Fsp3) is 0.500. The Kier molecular flexibility index (Phi) is 3.65. The van der Waals surface area contributed by atoms with Gasteiger partial charge in [-0.15, -0.1) is 0 Å². The molecule has 0 bridgehead atoms. The number of cyclic esters (lactones) is 1. The Labute approximate surface area is 92.6 Å². The lowest BCUT2D eigenvalue weighted by atomic mass is 10.1. The van der Waals surface area contributed by atoms with Gasteiger partial charge >= 0.3 is 11.9 Å². The van der Waals surface area contributed by atoms with Crippen molar-refractivity contribution in [2.24, 2.45) is 0 Å². The van der Waals surface area contributed by atoms with Crippen LogP contribution in [0.4, 0.5) is 0 Å². The molecule has 0 saturated heterocycles. The largest absolute Gasteiger partial charge is 0.462 e. The van der Waals surface area contributed by atoms with E-state index >= 15 is 0 Å². The van der Waals surface area contributed by atoms with E-state index in [0.29, 0.717) is 0 Å². The van der Waals surface area contributed by atoms with E-state index < -0.39 is 23.9 Å². The number of carbonyl (C=O) groups is 3. The Bertz CT molecular complexity index is 371. The van der Waals surface area contributed by atoms with E-state index in [1.54, 1.807) is 13.8 Å². The van der Waals surface area contributed by atoms with Gasteiger partial charge < -0.3 is 14.8 Å². The zero-order chi connectivity index (χ0) is 12.3. The van der Waals surface area contributed by atoms with Crippen LogP contribution in [0, 0.1) is 0 Å². The minimum absolute atomic E-state index is 0.0575. The van der Waals surface area contributed by atoms with Gasteiger partial charge in [0.15, 0.2) is 0 Å². The molecule has 0 aromatic rings. The van der Waals surface area contributed by atoms with Crippen molar-refractivity contribution in [2.45, 2.75) is 26.9 Å². The molecule has 0 unspecified atom stereocenters. The van der Waals surface area contributed by atoms with E-state index in [4.69, 9.17) is 9.47 Å². The fourth-order valence-electron chi connectivity index (χ4n) is 1.36. The van der Waals surface area contributed by atoms with Crippen LogP contribution in [0.15, 0.2) is 11.3 Å². The van der Waals surface area contributed by atoms with Gasteiger partial charge in [0.05, 0.1) is 6.61 Å². The predicted molar refractivity (Wildman–Crippen MR) is 53.0 cm³/mol. The number of hydrogen-bond donors (Lipinski definition) is 1. The molecule has 1 aliphatic rings. The zero-order valence-electron chi connectivity index (χ0n) is 9.33. The van der Waals surface area contributed by atoms with Crippen LogP contribution in [0.5, 0.6) is 0 Å². The van der Waals surface area contributed by atoms with Crippen molar-refractivity contribution in [3.63, 3.8) is 0 Å². The van der Waals surface area contributed by atoms with Gasteiger partial charge in [-0.2, -0.15) is 0 Å². The summed E-state index contributed by atoms with van der Waals surface area (Å²) in [7, 11) is 0. The molecule has 0 spiro atoms. The van der Waals surface area contributed by atoms with Crippen molar-refractivity contribution in [1.82, 2.24) is 5.32 Å². The third-order valence-corrected chi connectivity index (χ3v) is 1.96. The summed E-state index contributed by atoms with van der Waals surface area (Å²) in [5.74, 6) is -1.81. The molecule has 0 fully saturated rings. The second-order valence-electron chi connectivity index (χ2n) is 3.24. The number of nitrogens with one attached hydrogen (secondary N) is 1. The Morgan fingerprint density at radius 1 is 1.50 bits per heavy atom. The van der Waals surface area contributed by atoms with Crippen LogP contribution >= 0.6 is 0 Å². The van der Waals surface area contributed by atoms with Crippen molar-refractivity contribution in [2.75, 3.05) is 6.61 Å². The normalized spacial score (nSPS) is 19.4. The second-order valence-corrected chi connectivity index (χ2v) is 3.24. The van der Waals surface area contributed by atoms with E-state index in [1.165, 1.54) is 6.92 Å². The summed E-state index contributed by atoms with van der Waals surface area (Å²) in [6, 6.07) is 0. The van der Waals surface area contributed by atoms with Crippen LogP contribution in [0.3, 0.4) is 0 Å². The molecule has 0 aliphatic carbocycles. The second kappa shape index (κ2) is 4.78. The van der Waals surface area contributed by atoms with Crippen LogP contribution in [-0.4, -0.2) is 30.6 Å². The molecule has 0 aromatic carbocycles. The van der Waals surface area contributed by atoms with E-state index in [9.17, 15) is 14.4 Å². The monoisotopic (exact) mass is 227 g/mol. The van der Waals surface area contributed by atoms with Crippen molar-refractivity contribution in [1.29, 1.82) is 0 Å². The molecule has 1 N–H and O–H groups in total. The highest BCUT2D eigenvalue weighted by atomic mass is 16.6. The van der Waals surface area contributed by atoms with Crippen molar-refractivity contribution < 1.29 is 23.9 Å². The van der Waals surface area contributed by atoms with Gasteiger partial charge in [0.1, 0.15) is 17.4 Å². The molecule has 1 heterocycles. The first-order valence-electron chi connectivity index (χ1n) is 4.87. The fourth-order valence-corrected chi connectivity index (χ4v) is 1.36. The third kappa shape index (κ3) is 2.39. The Hall–Kier alpha value is -1.85. The summed E-state index contributed by atoms with van der Waals surface area (Å²) in [5, 5.41) is 2.28. The lowest BCUT2D eigenvalue weighted by molar-refractivity contribution is -0.141. The van der Waals surface area contributed by atoms with Crippen LogP contribution in [0.2, 0.25) is 0 Å². The summed E-state index contributed by atoms with van der Waals surface area (Å²) < 4.78 is 9.60. The number of rotatable bonds is 3. The Morgan fingerprint density at radius 3 is 2.62 bits per heavy atom. The Morgan fingerprint density at radius 2 is 2.12 bits per heavy atom. The first-order valence-corrected chi connectivity index (χ1v) is 4.87. The molecule has 1 aliphatic heterocycles. The molecule has 1 atom stereocenters. The van der Waals surface area contributed by atoms with Crippen molar-refractivity contribution in [3.05, 3.63) is 11.3 Å². The lowest BCUT2D eigenvalue weighted by Crippen LogP contribution is -2.26. The average Bonchev–Trinajstić information content (AvgIpc) is 2.41. The molecule has 1 rings (SSSR count). The van der Waals surface area contributed by atoms with Crippen molar-refractivity contribution in [3.8, 4) is 0 Å². The maximum Gasteiger partial charge on any atom is 0.356 e. The van der Waals surface area contributed by atoms with E-state index in [2.05, 4.69) is 5.32 Å². The molecule has 0 radical (unpaired) electrons. The van der Waals surface area contributed by atoms with E-state index in [0.717, 1.165) is 0 Å². The molecule has 6 heteroatoms. The van der Waals surface area contributed by atoms with Gasteiger partial charge in [0.25, 0.3) is 0 Å². The standard InChI is InChI=1S/C10H13NO5/c1-4-15-9(13)7-5(2)16-10(14)8(7)11-6(3)12/h5H,4H2,1-3H3,(H,11,12)/t5-/m0/s1. The van der Waals surface area contributed by atoms with Gasteiger partial charge in [0, 0.05) is 6.92 Å². The summed E-state index contributed by atoms with van der Waals surface area (Å²) >= 11 is 0. The molecular weight excluding hydrogens is 214 g/mol. The zero-order valence-corrected chi connectivity index (χ0v) is 9.33. The van der Waals surface area contributed by atoms with Crippen LogP contribution in [0.25, 0.3) is 0 Å². The summed E-state index contributed by atoms with van der Waals surface area (Å²) in [6.07, 6.45) is -0.701. The summed E-state index contributed by atoms with van der Waals surface area (Å²) in [4.78, 5) is 33.7. The van der Waals surface area contributed by atoms with E-state index in [1.807, 2.05) is 0 Å². The molecule has 16 heavy (non-hydrogen) atoms. The highest BCUT2D eigenvalue weighted by Gasteiger charge is 2.37. The summed E-state index contributed by atoms with van der Waals surface area (Å²) in [5.41, 5.74) is -0.0690. The molecule has 88 valence electrons. The molecule has 0 saturated carbocycles. The van der Waals surface area contributed by atoms with Gasteiger partial charge in [-0.25, -0.2) is 9.59 Å². The maximum absolute atomic E-state index is 11.5. The number of hydrogen-bond acceptors (Lipinski definition) is 5. The number of amides is 1. The SMILES string of the molecule is CCOC(=O)C1=C(NC(C)=O)C(=O)O[C@H]1C. The van der Waals surface area contributed by atoms with Crippen molar-refractivity contribution >= 4 is 17.8 Å². The number of ether oxygens (including phenoxy) is 2. The van der Waals surface area contributed by atoms with Crippen LogP contribution in [-0.2, 0) is 23.9 Å². The van der Waals surface area contributed by atoms with Gasteiger partial charge in [-0.1, -0.05) is 0 Å². The predicted octanol–water partition coefficient (Wildman–Crippen LogP) is -0.115.